The van der Waals surface area contributed by atoms with Gasteiger partial charge in [0.1, 0.15) is 11.6 Å². The van der Waals surface area contributed by atoms with Gasteiger partial charge in [0.15, 0.2) is 0 Å². The van der Waals surface area contributed by atoms with Gasteiger partial charge in [0, 0.05) is 29.8 Å². The van der Waals surface area contributed by atoms with Gasteiger partial charge in [-0.05, 0) is 38.5 Å². The average Bonchev–Trinajstić information content (AvgIpc) is 3.17. The summed E-state index contributed by atoms with van der Waals surface area (Å²) in [5, 5.41) is 0. The molecule has 0 bridgehead atoms. The molecule has 1 atom stereocenters. The number of nitrogens with two attached hydrogens (primary N) is 1. The number of benzene rings is 2. The number of imidazole rings is 1. The molecule has 3 N–H and O–H groups in total. The van der Waals surface area contributed by atoms with Crippen molar-refractivity contribution in [3.63, 3.8) is 0 Å². The fourth-order valence-corrected chi connectivity index (χ4v) is 3.57. The third-order valence-corrected chi connectivity index (χ3v) is 5.39. The molecule has 1 aromatic heterocycles. The number of carbonyl (C=O) groups excluding carboxylic acids is 2. The van der Waals surface area contributed by atoms with Crippen molar-refractivity contribution in [3.05, 3.63) is 71.7 Å². The molecule has 0 saturated heterocycles. The van der Waals surface area contributed by atoms with Crippen molar-refractivity contribution in [1.29, 1.82) is 0 Å². The van der Waals surface area contributed by atoms with Crippen LogP contribution in [0.15, 0.2) is 54.6 Å². The number of carbonyl (C=O) groups is 2. The van der Waals surface area contributed by atoms with E-state index in [0.29, 0.717) is 11.4 Å². The van der Waals surface area contributed by atoms with Crippen molar-refractivity contribution >= 4 is 11.9 Å². The minimum absolute atomic E-state index is 0.0227. The monoisotopic (exact) mass is 488 g/mol. The van der Waals surface area contributed by atoms with Crippen LogP contribution in [0.25, 0.3) is 11.3 Å². The summed E-state index contributed by atoms with van der Waals surface area (Å²) in [5.74, 6) is -2.12. The van der Waals surface area contributed by atoms with E-state index in [1.165, 1.54) is 24.3 Å². The largest absolute Gasteiger partial charge is 0.491 e. The van der Waals surface area contributed by atoms with Gasteiger partial charge >= 0.3 is 12.1 Å². The molecule has 0 aliphatic heterocycles. The molecule has 3 aromatic rings. The van der Waals surface area contributed by atoms with E-state index in [1.54, 1.807) is 4.90 Å². The zero-order valence-corrected chi connectivity index (χ0v) is 19.6. The number of halogens is 3. The molecule has 1 heterocycles. The molecule has 0 fully saturated rings. The van der Waals surface area contributed by atoms with Gasteiger partial charge in [-0.25, -0.2) is 9.78 Å². The van der Waals surface area contributed by atoms with Crippen molar-refractivity contribution in [2.45, 2.75) is 52.0 Å². The molecule has 7 nitrogen and oxygen atoms in total. The van der Waals surface area contributed by atoms with Crippen molar-refractivity contribution < 1.29 is 27.5 Å². The van der Waals surface area contributed by atoms with Crippen molar-refractivity contribution in [2.75, 3.05) is 0 Å². The summed E-state index contributed by atoms with van der Waals surface area (Å²) in [6, 6.07) is 14.2. The molecule has 0 aliphatic carbocycles. The van der Waals surface area contributed by atoms with Crippen LogP contribution in [0.4, 0.5) is 13.2 Å². The number of alkyl halides is 3. The molecule has 0 spiro atoms. The predicted molar refractivity (Wildman–Crippen MR) is 124 cm³/mol. The summed E-state index contributed by atoms with van der Waals surface area (Å²) < 4.78 is 41.3. The highest BCUT2D eigenvalue weighted by molar-refractivity contribution is 5.78. The molecule has 186 valence electrons. The minimum atomic E-state index is -5.09. The summed E-state index contributed by atoms with van der Waals surface area (Å²) in [6.07, 6.45) is -5.11. The number of hydrogen-bond donors (Lipinski definition) is 2. The summed E-state index contributed by atoms with van der Waals surface area (Å²) in [4.78, 5) is 33.6. The zero-order chi connectivity index (χ0) is 25.8. The number of ether oxygens (including phenoxy) is 1. The van der Waals surface area contributed by atoms with E-state index in [1.807, 2.05) is 51.1 Å². The standard InChI is InChI=1S/C25H27F3N4O3/c1-15(2)32(14-21-30-16(3)23(31-21)18-7-5-4-6-8-18)22(33)13-20(29)17-9-11-19(12-10-17)35-24(34)25(26,27)28/h4-12,15,20H,13-14,29H2,1-3H3,(H,30,31). The molecule has 1 amide bonds. The first kappa shape index (κ1) is 26.0. The topological polar surface area (TPSA) is 101 Å². The Balaban J connectivity index is 1.66. The smallest absolute Gasteiger partial charge is 0.420 e. The fourth-order valence-electron chi connectivity index (χ4n) is 3.57. The van der Waals surface area contributed by atoms with Crippen LogP contribution in [0.2, 0.25) is 0 Å². The van der Waals surface area contributed by atoms with Gasteiger partial charge in [-0.15, -0.1) is 0 Å². The maximum atomic E-state index is 13.1. The van der Waals surface area contributed by atoms with Crippen molar-refractivity contribution in [1.82, 2.24) is 14.9 Å². The Morgan fingerprint density at radius 1 is 1.09 bits per heavy atom. The lowest BCUT2D eigenvalue weighted by Crippen LogP contribution is -2.38. The number of esters is 1. The van der Waals surface area contributed by atoms with E-state index in [0.717, 1.165) is 17.0 Å². The van der Waals surface area contributed by atoms with Gasteiger partial charge < -0.3 is 20.4 Å². The van der Waals surface area contributed by atoms with Crippen LogP contribution in [0.3, 0.4) is 0 Å². The number of aromatic nitrogens is 2. The number of aromatic amines is 1. The molecule has 35 heavy (non-hydrogen) atoms. The Labute approximate surface area is 201 Å². The maximum absolute atomic E-state index is 13.1. The fraction of sp³-hybridized carbons (Fsp3) is 0.320. The van der Waals surface area contributed by atoms with Crippen LogP contribution in [0.5, 0.6) is 5.75 Å². The highest BCUT2D eigenvalue weighted by Gasteiger charge is 2.41. The minimum Gasteiger partial charge on any atom is -0.420 e. The van der Waals surface area contributed by atoms with Gasteiger partial charge in [0.2, 0.25) is 5.91 Å². The van der Waals surface area contributed by atoms with E-state index >= 15 is 0 Å². The highest BCUT2D eigenvalue weighted by Crippen LogP contribution is 2.24. The quantitative estimate of drug-likeness (QED) is 0.354. The summed E-state index contributed by atoms with van der Waals surface area (Å²) in [7, 11) is 0. The number of nitrogens with zero attached hydrogens (tertiary/aromatic N) is 2. The molecule has 3 rings (SSSR count). The molecule has 1 unspecified atom stereocenters. The summed E-state index contributed by atoms with van der Waals surface area (Å²) >= 11 is 0. The molecular weight excluding hydrogens is 461 g/mol. The van der Waals surface area contributed by atoms with Crippen LogP contribution >= 0.6 is 0 Å². The maximum Gasteiger partial charge on any atom is 0.491 e. The van der Waals surface area contributed by atoms with E-state index in [2.05, 4.69) is 14.7 Å². The van der Waals surface area contributed by atoms with E-state index in [4.69, 9.17) is 5.73 Å². The first-order valence-electron chi connectivity index (χ1n) is 11.0. The van der Waals surface area contributed by atoms with Crippen LogP contribution in [-0.4, -0.2) is 39.0 Å². The second-order valence-electron chi connectivity index (χ2n) is 8.41. The molecule has 0 aliphatic rings. The number of rotatable bonds is 8. The van der Waals surface area contributed by atoms with Crippen LogP contribution < -0.4 is 10.5 Å². The Morgan fingerprint density at radius 3 is 2.29 bits per heavy atom. The average molecular weight is 489 g/mol. The molecule has 0 radical (unpaired) electrons. The normalized spacial score (nSPS) is 12.5. The Kier molecular flexibility index (Phi) is 7.96. The SMILES string of the molecule is Cc1[nH]c(CN(C(=O)CC(N)c2ccc(OC(=O)C(F)(F)F)cc2)C(C)C)nc1-c1ccccc1. The van der Waals surface area contributed by atoms with Crippen molar-refractivity contribution in [3.8, 4) is 17.0 Å². The van der Waals surface area contributed by atoms with Crippen LogP contribution in [0, 0.1) is 6.92 Å². The van der Waals surface area contributed by atoms with E-state index < -0.39 is 18.2 Å². The van der Waals surface area contributed by atoms with Crippen LogP contribution in [0.1, 0.15) is 43.4 Å². The lowest BCUT2D eigenvalue weighted by Gasteiger charge is -2.27. The number of amides is 1. The number of aryl methyl sites for hydroxylation is 1. The van der Waals surface area contributed by atoms with Gasteiger partial charge in [0.25, 0.3) is 0 Å². The molecule has 10 heteroatoms. The van der Waals surface area contributed by atoms with Gasteiger partial charge in [-0.2, -0.15) is 13.2 Å². The summed E-state index contributed by atoms with van der Waals surface area (Å²) in [5.41, 5.74) is 9.40. The Morgan fingerprint density at radius 2 is 1.71 bits per heavy atom. The van der Waals surface area contributed by atoms with Gasteiger partial charge in [-0.1, -0.05) is 42.5 Å². The number of H-pyrrole nitrogens is 1. The third-order valence-electron chi connectivity index (χ3n) is 5.39. The molecule has 0 saturated carbocycles. The lowest BCUT2D eigenvalue weighted by molar-refractivity contribution is -0.189. The molecular formula is C25H27F3N4O3. The molecule has 2 aromatic carbocycles. The van der Waals surface area contributed by atoms with Gasteiger partial charge in [0.05, 0.1) is 12.2 Å². The predicted octanol–water partition coefficient (Wildman–Crippen LogP) is 4.68. The van der Waals surface area contributed by atoms with Gasteiger partial charge in [-0.3, -0.25) is 4.79 Å². The third kappa shape index (κ3) is 6.69. The van der Waals surface area contributed by atoms with Crippen molar-refractivity contribution in [2.24, 2.45) is 5.73 Å². The number of nitrogens with one attached hydrogen (secondary N) is 1. The Bertz CT molecular complexity index is 1160. The summed E-state index contributed by atoms with van der Waals surface area (Å²) in [6.45, 7) is 5.97. The first-order chi connectivity index (χ1) is 16.5. The number of hydrogen-bond acceptors (Lipinski definition) is 5. The zero-order valence-electron chi connectivity index (χ0n) is 19.6. The van der Waals surface area contributed by atoms with E-state index in [9.17, 15) is 22.8 Å². The highest BCUT2D eigenvalue weighted by atomic mass is 19.4. The van der Waals surface area contributed by atoms with Crippen LogP contribution in [-0.2, 0) is 16.1 Å². The Hall–Kier alpha value is -3.66. The second kappa shape index (κ2) is 10.7. The second-order valence-corrected chi connectivity index (χ2v) is 8.41. The van der Waals surface area contributed by atoms with E-state index in [-0.39, 0.29) is 30.7 Å². The first-order valence-corrected chi connectivity index (χ1v) is 11.0. The lowest BCUT2D eigenvalue weighted by atomic mass is 10.0.